The average Bonchev–Trinajstić information content (AvgIpc) is 2.38. The van der Waals surface area contributed by atoms with Crippen molar-refractivity contribution in [3.63, 3.8) is 0 Å². The normalized spacial score (nSPS) is 10.2. The molecule has 2 nitrogen and oxygen atoms in total. The maximum Gasteiger partial charge on any atom is 0.150 e. The Kier molecular flexibility index (Phi) is 3.37. The first-order valence-corrected chi connectivity index (χ1v) is 5.36. The van der Waals surface area contributed by atoms with E-state index in [0.29, 0.717) is 17.7 Å². The zero-order valence-corrected chi connectivity index (χ0v) is 9.73. The number of hydrogen-bond acceptors (Lipinski definition) is 2. The van der Waals surface area contributed by atoms with Gasteiger partial charge in [-0.2, -0.15) is 0 Å². The smallest absolute Gasteiger partial charge is 0.150 e. The SMILES string of the molecule is CN(c1ccc(F)cc1)c1ccc(C=O)cc1F. The summed E-state index contributed by atoms with van der Waals surface area (Å²) in [6, 6.07) is 9.95. The topological polar surface area (TPSA) is 20.3 Å². The third kappa shape index (κ3) is 2.37. The molecule has 0 bridgehead atoms. The Hall–Kier alpha value is -2.23. The number of anilines is 2. The van der Waals surface area contributed by atoms with Crippen molar-refractivity contribution in [1.29, 1.82) is 0 Å². The van der Waals surface area contributed by atoms with Gasteiger partial charge in [-0.25, -0.2) is 8.78 Å². The Morgan fingerprint density at radius 2 is 1.72 bits per heavy atom. The molecule has 0 aliphatic heterocycles. The van der Waals surface area contributed by atoms with E-state index in [9.17, 15) is 13.6 Å². The highest BCUT2D eigenvalue weighted by atomic mass is 19.1. The summed E-state index contributed by atoms with van der Waals surface area (Å²) in [5.41, 5.74) is 1.27. The maximum absolute atomic E-state index is 13.8. The van der Waals surface area contributed by atoms with Gasteiger partial charge in [-0.1, -0.05) is 0 Å². The summed E-state index contributed by atoms with van der Waals surface area (Å²) in [5, 5.41) is 0. The van der Waals surface area contributed by atoms with Crippen LogP contribution in [0, 0.1) is 11.6 Å². The van der Waals surface area contributed by atoms with Crippen LogP contribution >= 0.6 is 0 Å². The van der Waals surface area contributed by atoms with E-state index in [1.54, 1.807) is 24.1 Å². The fourth-order valence-electron chi connectivity index (χ4n) is 1.67. The fraction of sp³-hybridized carbons (Fsp3) is 0.0714. The van der Waals surface area contributed by atoms with Gasteiger partial charge in [0.25, 0.3) is 0 Å². The predicted molar refractivity (Wildman–Crippen MR) is 66.3 cm³/mol. The minimum atomic E-state index is -0.494. The summed E-state index contributed by atoms with van der Waals surface area (Å²) >= 11 is 0. The van der Waals surface area contributed by atoms with Crippen LogP contribution in [-0.2, 0) is 0 Å². The number of hydrogen-bond donors (Lipinski definition) is 0. The molecule has 0 N–H and O–H groups in total. The monoisotopic (exact) mass is 247 g/mol. The van der Waals surface area contributed by atoms with Gasteiger partial charge in [0.1, 0.15) is 17.9 Å². The minimum absolute atomic E-state index is 0.281. The summed E-state index contributed by atoms with van der Waals surface area (Å²) in [4.78, 5) is 12.1. The van der Waals surface area contributed by atoms with Crippen LogP contribution in [0.1, 0.15) is 10.4 Å². The van der Waals surface area contributed by atoms with E-state index < -0.39 is 5.82 Å². The number of rotatable bonds is 3. The average molecular weight is 247 g/mol. The maximum atomic E-state index is 13.8. The summed E-state index contributed by atoms with van der Waals surface area (Å²) < 4.78 is 26.6. The molecular formula is C14H11F2NO. The van der Waals surface area contributed by atoms with Gasteiger partial charge >= 0.3 is 0 Å². The predicted octanol–water partition coefficient (Wildman–Crippen LogP) is 3.55. The highest BCUT2D eigenvalue weighted by molar-refractivity contribution is 5.76. The molecule has 0 saturated heterocycles. The number of nitrogens with zero attached hydrogens (tertiary/aromatic N) is 1. The highest BCUT2D eigenvalue weighted by Crippen LogP contribution is 2.26. The van der Waals surface area contributed by atoms with Crippen LogP contribution in [0.15, 0.2) is 42.5 Å². The van der Waals surface area contributed by atoms with Crippen molar-refractivity contribution in [3.05, 3.63) is 59.7 Å². The van der Waals surface area contributed by atoms with Crippen molar-refractivity contribution >= 4 is 17.7 Å². The van der Waals surface area contributed by atoms with E-state index in [1.165, 1.54) is 30.3 Å². The minimum Gasteiger partial charge on any atom is -0.342 e. The van der Waals surface area contributed by atoms with Gasteiger partial charge in [0.2, 0.25) is 0 Å². The van der Waals surface area contributed by atoms with E-state index in [0.717, 1.165) is 0 Å². The first kappa shape index (κ1) is 12.2. The van der Waals surface area contributed by atoms with Crippen LogP contribution in [0.2, 0.25) is 0 Å². The molecule has 2 rings (SSSR count). The second-order valence-corrected chi connectivity index (χ2v) is 3.86. The van der Waals surface area contributed by atoms with E-state index in [1.807, 2.05) is 0 Å². The van der Waals surface area contributed by atoms with Crippen LogP contribution in [0.5, 0.6) is 0 Å². The van der Waals surface area contributed by atoms with E-state index in [2.05, 4.69) is 0 Å². The number of benzene rings is 2. The molecule has 2 aromatic carbocycles. The number of carbonyl (C=O) groups excluding carboxylic acids is 1. The Morgan fingerprint density at radius 3 is 2.28 bits per heavy atom. The lowest BCUT2D eigenvalue weighted by Gasteiger charge is -2.20. The molecule has 0 spiro atoms. The Morgan fingerprint density at radius 1 is 1.06 bits per heavy atom. The van der Waals surface area contributed by atoms with Gasteiger partial charge in [-0.05, 0) is 42.5 Å². The van der Waals surface area contributed by atoms with Gasteiger partial charge in [0.15, 0.2) is 0 Å². The van der Waals surface area contributed by atoms with Crippen molar-refractivity contribution in [2.24, 2.45) is 0 Å². The van der Waals surface area contributed by atoms with E-state index in [4.69, 9.17) is 0 Å². The van der Waals surface area contributed by atoms with Gasteiger partial charge in [0.05, 0.1) is 5.69 Å². The summed E-state index contributed by atoms with van der Waals surface area (Å²) in [6.07, 6.45) is 0.588. The van der Waals surface area contributed by atoms with Crippen LogP contribution in [0.4, 0.5) is 20.2 Å². The quantitative estimate of drug-likeness (QED) is 0.773. The summed E-state index contributed by atoms with van der Waals surface area (Å²) in [5.74, 6) is -0.838. The second kappa shape index (κ2) is 4.96. The molecule has 92 valence electrons. The fourth-order valence-corrected chi connectivity index (χ4v) is 1.67. The standard InChI is InChI=1S/C14H11F2NO/c1-17(12-5-3-11(15)4-6-12)14-7-2-10(9-18)8-13(14)16/h2-9H,1H3. The Balaban J connectivity index is 2.36. The molecule has 0 amide bonds. The van der Waals surface area contributed by atoms with Gasteiger partial charge in [-0.15, -0.1) is 0 Å². The largest absolute Gasteiger partial charge is 0.342 e. The lowest BCUT2D eigenvalue weighted by atomic mass is 10.2. The molecule has 4 heteroatoms. The molecule has 0 fully saturated rings. The van der Waals surface area contributed by atoms with Gasteiger partial charge in [0, 0.05) is 18.3 Å². The molecule has 0 radical (unpaired) electrons. The van der Waals surface area contributed by atoms with Crippen LogP contribution < -0.4 is 4.90 Å². The molecule has 0 heterocycles. The molecule has 0 aliphatic rings. The third-order valence-electron chi connectivity index (χ3n) is 2.68. The molecule has 0 atom stereocenters. The molecule has 0 saturated carbocycles. The molecule has 2 aromatic rings. The summed E-state index contributed by atoms with van der Waals surface area (Å²) in [7, 11) is 1.67. The third-order valence-corrected chi connectivity index (χ3v) is 2.68. The zero-order chi connectivity index (χ0) is 13.1. The number of aldehydes is 1. The van der Waals surface area contributed by atoms with Gasteiger partial charge in [-0.3, -0.25) is 4.79 Å². The first-order valence-electron chi connectivity index (χ1n) is 5.36. The molecule has 0 unspecified atom stereocenters. The molecule has 18 heavy (non-hydrogen) atoms. The van der Waals surface area contributed by atoms with E-state index in [-0.39, 0.29) is 11.4 Å². The summed E-state index contributed by atoms with van der Waals surface area (Å²) in [6.45, 7) is 0. The van der Waals surface area contributed by atoms with Crippen LogP contribution in [0.3, 0.4) is 0 Å². The number of halogens is 2. The lowest BCUT2D eigenvalue weighted by molar-refractivity contribution is 0.112. The first-order chi connectivity index (χ1) is 8.61. The molecular weight excluding hydrogens is 236 g/mol. The lowest BCUT2D eigenvalue weighted by Crippen LogP contribution is -2.11. The number of carbonyl (C=O) groups is 1. The zero-order valence-electron chi connectivity index (χ0n) is 9.73. The van der Waals surface area contributed by atoms with Crippen molar-refractivity contribution in [2.45, 2.75) is 0 Å². The molecule has 0 aromatic heterocycles. The second-order valence-electron chi connectivity index (χ2n) is 3.86. The van der Waals surface area contributed by atoms with Crippen molar-refractivity contribution in [3.8, 4) is 0 Å². The van der Waals surface area contributed by atoms with Crippen LogP contribution in [-0.4, -0.2) is 13.3 Å². The Labute approximate surface area is 103 Å². The van der Waals surface area contributed by atoms with Gasteiger partial charge < -0.3 is 4.90 Å². The van der Waals surface area contributed by atoms with E-state index >= 15 is 0 Å². The van der Waals surface area contributed by atoms with Crippen LogP contribution in [0.25, 0.3) is 0 Å². The molecule has 0 aliphatic carbocycles. The Bertz CT molecular complexity index is 567. The van der Waals surface area contributed by atoms with Crippen molar-refractivity contribution in [1.82, 2.24) is 0 Å². The van der Waals surface area contributed by atoms with Crippen molar-refractivity contribution < 1.29 is 13.6 Å². The highest BCUT2D eigenvalue weighted by Gasteiger charge is 2.10. The van der Waals surface area contributed by atoms with Crippen molar-refractivity contribution in [2.75, 3.05) is 11.9 Å².